The largest absolute Gasteiger partial charge is 0.281 e. The van der Waals surface area contributed by atoms with Crippen molar-refractivity contribution in [3.63, 3.8) is 0 Å². The number of aromatic amines is 1. The fourth-order valence-corrected chi connectivity index (χ4v) is 4.65. The summed E-state index contributed by atoms with van der Waals surface area (Å²) in [4.78, 5) is 0.369. The third-order valence-corrected chi connectivity index (χ3v) is 5.84. The summed E-state index contributed by atoms with van der Waals surface area (Å²) in [5.41, 5.74) is 1.82. The van der Waals surface area contributed by atoms with Crippen LogP contribution in [0.15, 0.2) is 41.4 Å². The average molecular weight is 305 g/mol. The SMILES string of the molecule is Cc1cccc(S(=O)(=O)N2CCCCC2c2ccn[nH]2)c1. The number of aryl methyl sites for hydroxylation is 1. The fraction of sp³-hybridized carbons (Fsp3) is 0.400. The predicted molar refractivity (Wildman–Crippen MR) is 80.3 cm³/mol. The first-order chi connectivity index (χ1) is 10.1. The average Bonchev–Trinajstić information content (AvgIpc) is 3.01. The molecule has 0 saturated carbocycles. The lowest BCUT2D eigenvalue weighted by Gasteiger charge is -2.34. The molecule has 1 aromatic heterocycles. The summed E-state index contributed by atoms with van der Waals surface area (Å²) < 4.78 is 27.5. The van der Waals surface area contributed by atoms with E-state index in [9.17, 15) is 8.42 Å². The van der Waals surface area contributed by atoms with E-state index in [1.165, 1.54) is 0 Å². The predicted octanol–water partition coefficient (Wildman–Crippen LogP) is 2.63. The first-order valence-electron chi connectivity index (χ1n) is 7.17. The van der Waals surface area contributed by atoms with Crippen LogP contribution in [-0.2, 0) is 10.0 Å². The standard InChI is InChI=1S/C15H19N3O2S/c1-12-5-4-6-13(11-12)21(19,20)18-10-3-2-7-15(18)14-8-9-16-17-14/h4-6,8-9,11,15H,2-3,7,10H2,1H3,(H,16,17). The number of benzene rings is 1. The highest BCUT2D eigenvalue weighted by Gasteiger charge is 2.35. The number of H-pyrrole nitrogens is 1. The first-order valence-corrected chi connectivity index (χ1v) is 8.61. The van der Waals surface area contributed by atoms with Gasteiger partial charge >= 0.3 is 0 Å². The fourth-order valence-electron chi connectivity index (χ4n) is 2.87. The molecule has 1 aliphatic heterocycles. The van der Waals surface area contributed by atoms with E-state index in [4.69, 9.17) is 0 Å². The summed E-state index contributed by atoms with van der Waals surface area (Å²) in [6.07, 6.45) is 4.42. The van der Waals surface area contributed by atoms with Crippen molar-refractivity contribution in [1.29, 1.82) is 0 Å². The van der Waals surface area contributed by atoms with Gasteiger partial charge in [0.2, 0.25) is 10.0 Å². The van der Waals surface area contributed by atoms with Crippen LogP contribution in [0, 0.1) is 6.92 Å². The zero-order chi connectivity index (χ0) is 14.9. The monoisotopic (exact) mass is 305 g/mol. The van der Waals surface area contributed by atoms with Gasteiger partial charge < -0.3 is 0 Å². The number of hydrogen-bond acceptors (Lipinski definition) is 3. The Labute approximate surface area is 125 Å². The van der Waals surface area contributed by atoms with Crippen molar-refractivity contribution in [2.75, 3.05) is 6.54 Å². The molecule has 3 rings (SSSR count). The van der Waals surface area contributed by atoms with Crippen LogP contribution in [0.4, 0.5) is 0 Å². The van der Waals surface area contributed by atoms with Crippen molar-refractivity contribution in [3.8, 4) is 0 Å². The van der Waals surface area contributed by atoms with Gasteiger partial charge in [-0.2, -0.15) is 9.40 Å². The molecule has 1 unspecified atom stereocenters. The van der Waals surface area contributed by atoms with Gasteiger partial charge in [0.15, 0.2) is 0 Å². The Morgan fingerprint density at radius 1 is 1.29 bits per heavy atom. The van der Waals surface area contributed by atoms with Gasteiger partial charge in [-0.1, -0.05) is 18.6 Å². The molecule has 1 atom stereocenters. The number of piperidine rings is 1. The van der Waals surface area contributed by atoms with Crippen molar-refractivity contribution in [2.45, 2.75) is 37.1 Å². The number of hydrogen-bond donors (Lipinski definition) is 1. The smallest absolute Gasteiger partial charge is 0.243 e. The maximum Gasteiger partial charge on any atom is 0.243 e. The number of rotatable bonds is 3. The topological polar surface area (TPSA) is 66.1 Å². The lowest BCUT2D eigenvalue weighted by atomic mass is 10.0. The Morgan fingerprint density at radius 2 is 2.14 bits per heavy atom. The van der Waals surface area contributed by atoms with Crippen molar-refractivity contribution in [3.05, 3.63) is 47.8 Å². The van der Waals surface area contributed by atoms with E-state index in [1.807, 2.05) is 19.1 Å². The summed E-state index contributed by atoms with van der Waals surface area (Å²) in [5, 5.41) is 6.87. The molecule has 21 heavy (non-hydrogen) atoms. The molecular formula is C15H19N3O2S. The molecule has 1 fully saturated rings. The second-order valence-corrected chi connectivity index (χ2v) is 7.35. The molecule has 6 heteroatoms. The molecule has 112 valence electrons. The maximum absolute atomic E-state index is 12.9. The van der Waals surface area contributed by atoms with Gasteiger partial charge in [0.1, 0.15) is 0 Å². The van der Waals surface area contributed by atoms with E-state index >= 15 is 0 Å². The van der Waals surface area contributed by atoms with E-state index < -0.39 is 10.0 Å². The molecule has 1 aliphatic rings. The van der Waals surface area contributed by atoms with Gasteiger partial charge in [-0.05, 0) is 43.5 Å². The third-order valence-electron chi connectivity index (χ3n) is 3.93. The number of aromatic nitrogens is 2. The van der Waals surface area contributed by atoms with Crippen LogP contribution in [0.25, 0.3) is 0 Å². The Bertz CT molecular complexity index is 710. The molecule has 1 aromatic carbocycles. The zero-order valence-electron chi connectivity index (χ0n) is 12.0. The Kier molecular flexibility index (Phi) is 3.82. The molecule has 0 radical (unpaired) electrons. The van der Waals surface area contributed by atoms with Gasteiger partial charge in [-0.15, -0.1) is 0 Å². The Hall–Kier alpha value is -1.66. The maximum atomic E-state index is 12.9. The van der Waals surface area contributed by atoms with E-state index in [0.717, 1.165) is 30.5 Å². The van der Waals surface area contributed by atoms with Crippen LogP contribution < -0.4 is 0 Å². The molecule has 1 N–H and O–H groups in total. The molecule has 1 saturated heterocycles. The molecule has 0 spiro atoms. The lowest BCUT2D eigenvalue weighted by Crippen LogP contribution is -2.38. The van der Waals surface area contributed by atoms with Crippen LogP contribution in [0.2, 0.25) is 0 Å². The van der Waals surface area contributed by atoms with Gasteiger partial charge in [0.05, 0.1) is 16.6 Å². The van der Waals surface area contributed by atoms with Crippen LogP contribution in [0.5, 0.6) is 0 Å². The summed E-state index contributed by atoms with van der Waals surface area (Å²) in [7, 11) is -3.47. The lowest BCUT2D eigenvalue weighted by molar-refractivity contribution is 0.251. The van der Waals surface area contributed by atoms with E-state index in [0.29, 0.717) is 11.4 Å². The highest BCUT2D eigenvalue weighted by Crippen LogP contribution is 2.34. The molecule has 0 amide bonds. The third kappa shape index (κ3) is 2.73. The first kappa shape index (κ1) is 14.3. The quantitative estimate of drug-likeness (QED) is 0.948. The van der Waals surface area contributed by atoms with Gasteiger partial charge in [-0.3, -0.25) is 5.10 Å². The Balaban J connectivity index is 1.99. The number of sulfonamides is 1. The highest BCUT2D eigenvalue weighted by atomic mass is 32.2. The van der Waals surface area contributed by atoms with Crippen LogP contribution in [0.1, 0.15) is 36.6 Å². The van der Waals surface area contributed by atoms with Crippen molar-refractivity contribution < 1.29 is 8.42 Å². The second kappa shape index (κ2) is 5.61. The minimum atomic E-state index is -3.47. The minimum Gasteiger partial charge on any atom is -0.281 e. The van der Waals surface area contributed by atoms with Gasteiger partial charge in [-0.25, -0.2) is 8.42 Å². The molecule has 2 aromatic rings. The second-order valence-electron chi connectivity index (χ2n) is 5.46. The minimum absolute atomic E-state index is 0.147. The van der Waals surface area contributed by atoms with Crippen molar-refractivity contribution >= 4 is 10.0 Å². The molecule has 5 nitrogen and oxygen atoms in total. The molecule has 0 bridgehead atoms. The van der Waals surface area contributed by atoms with Crippen molar-refractivity contribution in [2.24, 2.45) is 0 Å². The van der Waals surface area contributed by atoms with E-state index in [1.54, 1.807) is 28.7 Å². The number of nitrogens with one attached hydrogen (secondary N) is 1. The van der Waals surface area contributed by atoms with Gasteiger partial charge in [0.25, 0.3) is 0 Å². The summed E-state index contributed by atoms with van der Waals surface area (Å²) in [5.74, 6) is 0. The molecular weight excluding hydrogens is 286 g/mol. The zero-order valence-corrected chi connectivity index (χ0v) is 12.8. The highest BCUT2D eigenvalue weighted by molar-refractivity contribution is 7.89. The van der Waals surface area contributed by atoms with Crippen molar-refractivity contribution in [1.82, 2.24) is 14.5 Å². The number of nitrogens with zero attached hydrogens (tertiary/aromatic N) is 2. The van der Waals surface area contributed by atoms with Crippen LogP contribution >= 0.6 is 0 Å². The normalized spacial score (nSPS) is 20.5. The summed E-state index contributed by atoms with van der Waals surface area (Å²) >= 11 is 0. The van der Waals surface area contributed by atoms with Gasteiger partial charge in [0, 0.05) is 12.7 Å². The van der Waals surface area contributed by atoms with Crippen LogP contribution in [0.3, 0.4) is 0 Å². The Morgan fingerprint density at radius 3 is 2.86 bits per heavy atom. The summed E-state index contributed by atoms with van der Waals surface area (Å²) in [6, 6.07) is 8.80. The molecule has 2 heterocycles. The molecule has 0 aliphatic carbocycles. The van der Waals surface area contributed by atoms with E-state index in [2.05, 4.69) is 10.2 Å². The summed E-state index contributed by atoms with van der Waals surface area (Å²) in [6.45, 7) is 2.46. The van der Waals surface area contributed by atoms with E-state index in [-0.39, 0.29) is 6.04 Å². The van der Waals surface area contributed by atoms with Crippen LogP contribution in [-0.4, -0.2) is 29.5 Å².